The van der Waals surface area contributed by atoms with Crippen LogP contribution in [-0.2, 0) is 6.61 Å². The van der Waals surface area contributed by atoms with Crippen molar-refractivity contribution in [3.8, 4) is 5.75 Å². The second kappa shape index (κ2) is 5.35. The number of pyridine rings is 1. The summed E-state index contributed by atoms with van der Waals surface area (Å²) in [6, 6.07) is 11.9. The van der Waals surface area contributed by atoms with Gasteiger partial charge < -0.3 is 9.15 Å². The highest BCUT2D eigenvalue weighted by Crippen LogP contribution is 2.27. The van der Waals surface area contributed by atoms with Crippen LogP contribution in [0.3, 0.4) is 0 Å². The summed E-state index contributed by atoms with van der Waals surface area (Å²) in [7, 11) is 0. The summed E-state index contributed by atoms with van der Waals surface area (Å²) < 4.78 is 10.8. The number of hydrogen-bond acceptors (Lipinski definition) is 4. The minimum absolute atomic E-state index is 0.270. The van der Waals surface area contributed by atoms with Gasteiger partial charge in [0.1, 0.15) is 17.9 Å². The van der Waals surface area contributed by atoms with Crippen LogP contribution < -0.4 is 10.4 Å². The summed E-state index contributed by atoms with van der Waals surface area (Å²) in [6.07, 6.45) is 1.69. The molecule has 0 bridgehead atoms. The molecule has 0 atom stereocenters. The summed E-state index contributed by atoms with van der Waals surface area (Å²) >= 11 is 5.96. The first-order chi connectivity index (χ1) is 9.72. The van der Waals surface area contributed by atoms with Crippen LogP contribution in [0.1, 0.15) is 5.69 Å². The predicted molar refractivity (Wildman–Crippen MR) is 76.1 cm³/mol. The van der Waals surface area contributed by atoms with Crippen LogP contribution in [0.2, 0.25) is 5.02 Å². The highest BCUT2D eigenvalue weighted by atomic mass is 35.5. The van der Waals surface area contributed by atoms with Crippen LogP contribution in [0.25, 0.3) is 11.0 Å². The Balaban J connectivity index is 1.98. The van der Waals surface area contributed by atoms with Crippen LogP contribution in [0.5, 0.6) is 5.75 Å². The average Bonchev–Trinajstić information content (AvgIpc) is 2.46. The zero-order valence-corrected chi connectivity index (χ0v) is 11.1. The number of aromatic nitrogens is 1. The van der Waals surface area contributed by atoms with E-state index in [0.29, 0.717) is 21.7 Å². The van der Waals surface area contributed by atoms with Crippen LogP contribution in [0.4, 0.5) is 0 Å². The van der Waals surface area contributed by atoms with E-state index in [1.807, 2.05) is 18.2 Å². The van der Waals surface area contributed by atoms with Crippen LogP contribution in [0, 0.1) is 0 Å². The monoisotopic (exact) mass is 287 g/mol. The zero-order chi connectivity index (χ0) is 13.9. The van der Waals surface area contributed by atoms with Crippen LogP contribution >= 0.6 is 11.6 Å². The fourth-order valence-electron chi connectivity index (χ4n) is 1.86. The molecule has 0 saturated carbocycles. The molecule has 0 saturated heterocycles. The van der Waals surface area contributed by atoms with E-state index in [2.05, 4.69) is 4.98 Å². The molecule has 3 aromatic rings. The molecule has 3 rings (SSSR count). The van der Waals surface area contributed by atoms with Gasteiger partial charge in [0, 0.05) is 11.2 Å². The molecule has 2 aromatic heterocycles. The lowest BCUT2D eigenvalue weighted by molar-refractivity contribution is 0.302. The van der Waals surface area contributed by atoms with E-state index < -0.39 is 5.63 Å². The quantitative estimate of drug-likeness (QED) is 0.693. The molecular formula is C15H10ClNO3. The maximum atomic E-state index is 11.5. The Morgan fingerprint density at radius 1 is 1.20 bits per heavy atom. The van der Waals surface area contributed by atoms with Crippen molar-refractivity contribution in [1.29, 1.82) is 0 Å². The number of rotatable bonds is 3. The van der Waals surface area contributed by atoms with Crippen molar-refractivity contribution in [2.24, 2.45) is 0 Å². The van der Waals surface area contributed by atoms with Gasteiger partial charge >= 0.3 is 5.63 Å². The number of hydrogen-bond donors (Lipinski definition) is 0. The van der Waals surface area contributed by atoms with Gasteiger partial charge in [-0.3, -0.25) is 4.98 Å². The number of ether oxygens (including phenoxy) is 1. The smallest absolute Gasteiger partial charge is 0.339 e. The number of fused-ring (bicyclic) bond motifs is 1. The van der Waals surface area contributed by atoms with E-state index in [-0.39, 0.29) is 6.61 Å². The largest absolute Gasteiger partial charge is 0.486 e. The van der Waals surface area contributed by atoms with E-state index in [4.69, 9.17) is 20.8 Å². The molecule has 0 spiro atoms. The fourth-order valence-corrected chi connectivity index (χ4v) is 2.03. The molecule has 2 heterocycles. The van der Waals surface area contributed by atoms with Crippen molar-refractivity contribution in [2.75, 3.05) is 0 Å². The van der Waals surface area contributed by atoms with E-state index in [1.54, 1.807) is 24.4 Å². The lowest BCUT2D eigenvalue weighted by Gasteiger charge is -2.08. The molecule has 1 aromatic carbocycles. The normalized spacial score (nSPS) is 10.7. The van der Waals surface area contributed by atoms with Gasteiger partial charge in [0.2, 0.25) is 0 Å². The first kappa shape index (κ1) is 12.7. The first-order valence-electron chi connectivity index (χ1n) is 5.98. The topological polar surface area (TPSA) is 52.3 Å². The van der Waals surface area contributed by atoms with Gasteiger partial charge in [-0.05, 0) is 30.3 Å². The van der Waals surface area contributed by atoms with E-state index in [1.165, 1.54) is 6.07 Å². The Kier molecular flexibility index (Phi) is 3.39. The fraction of sp³-hybridized carbons (Fsp3) is 0.0667. The SMILES string of the molecule is O=c1cc(OCc2ccccn2)c2cc(Cl)ccc2o1. The van der Waals surface area contributed by atoms with Crippen LogP contribution in [-0.4, -0.2) is 4.98 Å². The second-order valence-electron chi connectivity index (χ2n) is 4.18. The zero-order valence-electron chi connectivity index (χ0n) is 10.4. The number of halogens is 1. The predicted octanol–water partition coefficient (Wildman–Crippen LogP) is 3.42. The van der Waals surface area contributed by atoms with Gasteiger partial charge in [-0.25, -0.2) is 4.79 Å². The van der Waals surface area contributed by atoms with E-state index >= 15 is 0 Å². The summed E-state index contributed by atoms with van der Waals surface area (Å²) in [6.45, 7) is 0.270. The Morgan fingerprint density at radius 3 is 2.90 bits per heavy atom. The van der Waals surface area contributed by atoms with Crippen molar-refractivity contribution >= 4 is 22.6 Å². The summed E-state index contributed by atoms with van der Waals surface area (Å²) in [5.74, 6) is 0.435. The lowest BCUT2D eigenvalue weighted by atomic mass is 10.2. The molecule has 5 heteroatoms. The van der Waals surface area contributed by atoms with E-state index in [0.717, 1.165) is 5.69 Å². The van der Waals surface area contributed by atoms with Crippen molar-refractivity contribution in [1.82, 2.24) is 4.98 Å². The third-order valence-electron chi connectivity index (χ3n) is 2.77. The maximum Gasteiger partial charge on any atom is 0.339 e. The third-order valence-corrected chi connectivity index (χ3v) is 3.00. The van der Waals surface area contributed by atoms with Gasteiger partial charge in [-0.1, -0.05) is 17.7 Å². The highest BCUT2D eigenvalue weighted by molar-refractivity contribution is 6.31. The lowest BCUT2D eigenvalue weighted by Crippen LogP contribution is -2.03. The van der Waals surface area contributed by atoms with Gasteiger partial charge in [-0.15, -0.1) is 0 Å². The van der Waals surface area contributed by atoms with Crippen LogP contribution in [0.15, 0.2) is 57.9 Å². The van der Waals surface area contributed by atoms with E-state index in [9.17, 15) is 4.79 Å². The molecule has 0 N–H and O–H groups in total. The van der Waals surface area contributed by atoms with Gasteiger partial charge in [0.05, 0.1) is 17.1 Å². The Morgan fingerprint density at radius 2 is 2.10 bits per heavy atom. The van der Waals surface area contributed by atoms with Gasteiger partial charge in [0.25, 0.3) is 0 Å². The van der Waals surface area contributed by atoms with Crippen molar-refractivity contribution in [3.63, 3.8) is 0 Å². The molecule has 100 valence electrons. The summed E-state index contributed by atoms with van der Waals surface area (Å²) in [5.41, 5.74) is 0.754. The Labute approximate surface area is 119 Å². The molecule has 0 radical (unpaired) electrons. The second-order valence-corrected chi connectivity index (χ2v) is 4.62. The van der Waals surface area contributed by atoms with Crippen molar-refractivity contribution < 1.29 is 9.15 Å². The molecule has 0 aliphatic carbocycles. The van der Waals surface area contributed by atoms with Gasteiger partial charge in [-0.2, -0.15) is 0 Å². The molecule has 0 fully saturated rings. The standard InChI is InChI=1S/C15H10ClNO3/c16-10-4-5-13-12(7-10)14(8-15(18)20-13)19-9-11-3-1-2-6-17-11/h1-8H,9H2. The molecule has 0 aliphatic rings. The Bertz CT molecular complexity index is 799. The molecule has 0 amide bonds. The highest BCUT2D eigenvalue weighted by Gasteiger charge is 2.08. The molecular weight excluding hydrogens is 278 g/mol. The minimum atomic E-state index is -0.462. The first-order valence-corrected chi connectivity index (χ1v) is 6.36. The average molecular weight is 288 g/mol. The molecule has 20 heavy (non-hydrogen) atoms. The Hall–Kier alpha value is -2.33. The minimum Gasteiger partial charge on any atom is -0.486 e. The molecule has 0 unspecified atom stereocenters. The van der Waals surface area contributed by atoms with Crippen molar-refractivity contribution in [2.45, 2.75) is 6.61 Å². The number of benzene rings is 1. The van der Waals surface area contributed by atoms with Crippen molar-refractivity contribution in [3.05, 3.63) is 69.8 Å². The third kappa shape index (κ3) is 2.65. The molecule has 0 aliphatic heterocycles. The van der Waals surface area contributed by atoms with Gasteiger partial charge in [0.15, 0.2) is 0 Å². The maximum absolute atomic E-state index is 11.5. The summed E-state index contributed by atoms with van der Waals surface area (Å²) in [5, 5.41) is 1.21. The number of nitrogens with zero attached hydrogens (tertiary/aromatic N) is 1. The summed E-state index contributed by atoms with van der Waals surface area (Å²) in [4.78, 5) is 15.7. The molecule has 4 nitrogen and oxygen atoms in total.